The number of halogens is 1. The van der Waals surface area contributed by atoms with Crippen LogP contribution in [0.15, 0.2) is 83.3 Å². The average Bonchev–Trinajstić information content (AvgIpc) is 3.22. The van der Waals surface area contributed by atoms with Gasteiger partial charge in [0.25, 0.3) is 5.91 Å². The summed E-state index contributed by atoms with van der Waals surface area (Å²) in [7, 11) is 1.57. The van der Waals surface area contributed by atoms with Gasteiger partial charge in [-0.05, 0) is 53.9 Å². The second-order valence-electron chi connectivity index (χ2n) is 7.03. The molecule has 0 aliphatic rings. The number of aromatic nitrogens is 1. The smallest absolute Gasteiger partial charge is 0.255 e. The van der Waals surface area contributed by atoms with Gasteiger partial charge in [0.15, 0.2) is 5.58 Å². The predicted octanol–water partition coefficient (Wildman–Crippen LogP) is 6.56. The van der Waals surface area contributed by atoms with Crippen LogP contribution in [0.2, 0.25) is 5.02 Å². The number of oxazole rings is 1. The Bertz CT molecular complexity index is 1440. The summed E-state index contributed by atoms with van der Waals surface area (Å²) in [5.74, 6) is 0.893. The number of nitrogens with one attached hydrogen (secondary N) is 1. The number of carbonyl (C=O) groups is 1. The summed E-state index contributed by atoms with van der Waals surface area (Å²) in [6, 6.07) is 24.0. The van der Waals surface area contributed by atoms with Crippen molar-refractivity contribution in [1.29, 1.82) is 0 Å². The minimum Gasteiger partial charge on any atom is -0.497 e. The van der Waals surface area contributed by atoms with Crippen molar-refractivity contribution in [3.8, 4) is 17.2 Å². The van der Waals surface area contributed by atoms with E-state index in [1.165, 1.54) is 0 Å². The van der Waals surface area contributed by atoms with E-state index in [4.69, 9.17) is 20.8 Å². The quantitative estimate of drug-likeness (QED) is 0.352. The predicted molar refractivity (Wildman–Crippen MR) is 123 cm³/mol. The second-order valence-corrected chi connectivity index (χ2v) is 7.44. The Balaban J connectivity index is 1.48. The van der Waals surface area contributed by atoms with Crippen LogP contribution < -0.4 is 10.1 Å². The molecule has 1 amide bonds. The molecule has 0 aliphatic heterocycles. The van der Waals surface area contributed by atoms with Crippen molar-refractivity contribution in [1.82, 2.24) is 4.98 Å². The molecule has 0 saturated heterocycles. The van der Waals surface area contributed by atoms with Crippen LogP contribution in [0, 0.1) is 0 Å². The van der Waals surface area contributed by atoms with Gasteiger partial charge >= 0.3 is 0 Å². The van der Waals surface area contributed by atoms with Crippen LogP contribution in [0.1, 0.15) is 10.4 Å². The molecule has 4 aromatic carbocycles. The molecule has 0 bridgehead atoms. The molecular weight excluding hydrogens is 412 g/mol. The van der Waals surface area contributed by atoms with Crippen molar-refractivity contribution < 1.29 is 13.9 Å². The fourth-order valence-electron chi connectivity index (χ4n) is 3.55. The van der Waals surface area contributed by atoms with Crippen molar-refractivity contribution >= 4 is 45.1 Å². The van der Waals surface area contributed by atoms with Gasteiger partial charge in [0.2, 0.25) is 5.89 Å². The van der Waals surface area contributed by atoms with E-state index in [-0.39, 0.29) is 5.91 Å². The standard InChI is InChI=1S/C25H17ClN2O3/c1-30-17-6-2-5-15(13-17)24(29)27-16-11-12-23-22(14-16)28-25(31-23)20-9-3-8-19-18(20)7-4-10-21(19)26/h2-14H,1H3,(H,27,29). The molecule has 0 spiro atoms. The largest absolute Gasteiger partial charge is 0.497 e. The molecule has 0 radical (unpaired) electrons. The van der Waals surface area contributed by atoms with Crippen LogP contribution in [0.25, 0.3) is 33.3 Å². The van der Waals surface area contributed by atoms with Crippen LogP contribution >= 0.6 is 11.6 Å². The first-order valence-electron chi connectivity index (χ1n) is 9.66. The number of nitrogens with zero attached hydrogens (tertiary/aromatic N) is 1. The highest BCUT2D eigenvalue weighted by Crippen LogP contribution is 2.34. The second kappa shape index (κ2) is 7.78. The van der Waals surface area contributed by atoms with Crippen molar-refractivity contribution in [3.63, 3.8) is 0 Å². The molecule has 1 N–H and O–H groups in total. The van der Waals surface area contributed by atoms with Crippen molar-refractivity contribution in [2.75, 3.05) is 12.4 Å². The lowest BCUT2D eigenvalue weighted by Gasteiger charge is -2.06. The number of ether oxygens (including phenoxy) is 1. The summed E-state index contributed by atoms with van der Waals surface area (Å²) in [6.45, 7) is 0. The van der Waals surface area contributed by atoms with E-state index in [9.17, 15) is 4.79 Å². The Morgan fingerprint density at radius 2 is 1.77 bits per heavy atom. The van der Waals surface area contributed by atoms with Gasteiger partial charge < -0.3 is 14.5 Å². The van der Waals surface area contributed by atoms with E-state index >= 15 is 0 Å². The van der Waals surface area contributed by atoms with Gasteiger partial charge in [-0.1, -0.05) is 41.9 Å². The fourth-order valence-corrected chi connectivity index (χ4v) is 3.78. The van der Waals surface area contributed by atoms with E-state index < -0.39 is 0 Å². The Hall–Kier alpha value is -3.83. The van der Waals surface area contributed by atoms with Crippen LogP contribution in [0.5, 0.6) is 5.75 Å². The van der Waals surface area contributed by atoms with Gasteiger partial charge in [-0.2, -0.15) is 0 Å². The van der Waals surface area contributed by atoms with Crippen LogP contribution in [-0.4, -0.2) is 18.0 Å². The first-order valence-corrected chi connectivity index (χ1v) is 10.0. The molecule has 5 rings (SSSR count). The monoisotopic (exact) mass is 428 g/mol. The fraction of sp³-hybridized carbons (Fsp3) is 0.0400. The van der Waals surface area contributed by atoms with E-state index in [0.717, 1.165) is 16.3 Å². The number of methoxy groups -OCH3 is 1. The minimum absolute atomic E-state index is 0.231. The Morgan fingerprint density at radius 1 is 0.968 bits per heavy atom. The molecule has 5 nitrogen and oxygen atoms in total. The molecule has 1 heterocycles. The number of fused-ring (bicyclic) bond motifs is 2. The summed E-state index contributed by atoms with van der Waals surface area (Å²) < 4.78 is 11.2. The van der Waals surface area contributed by atoms with Crippen molar-refractivity contribution in [3.05, 3.63) is 89.4 Å². The molecular formula is C25H17ClN2O3. The van der Waals surface area contributed by atoms with Crippen LogP contribution in [-0.2, 0) is 0 Å². The Kier molecular flexibility index (Phi) is 4.81. The molecule has 1 aromatic heterocycles. The van der Waals surface area contributed by atoms with Crippen LogP contribution in [0.3, 0.4) is 0 Å². The van der Waals surface area contributed by atoms with E-state index in [0.29, 0.717) is 39.0 Å². The third-order valence-corrected chi connectivity index (χ3v) is 5.41. The molecule has 0 atom stereocenters. The lowest BCUT2D eigenvalue weighted by Crippen LogP contribution is -2.11. The van der Waals surface area contributed by atoms with Gasteiger partial charge in [0.1, 0.15) is 11.3 Å². The van der Waals surface area contributed by atoms with Gasteiger partial charge in [-0.3, -0.25) is 4.79 Å². The highest BCUT2D eigenvalue weighted by molar-refractivity contribution is 6.35. The molecule has 6 heteroatoms. The highest BCUT2D eigenvalue weighted by Gasteiger charge is 2.14. The highest BCUT2D eigenvalue weighted by atomic mass is 35.5. The number of carbonyl (C=O) groups excluding carboxylic acids is 1. The maximum Gasteiger partial charge on any atom is 0.255 e. The Labute approximate surface area is 183 Å². The number of rotatable bonds is 4. The lowest BCUT2D eigenvalue weighted by atomic mass is 10.0. The maximum atomic E-state index is 12.6. The summed E-state index contributed by atoms with van der Waals surface area (Å²) in [6.07, 6.45) is 0. The van der Waals surface area contributed by atoms with Gasteiger partial charge in [-0.15, -0.1) is 0 Å². The lowest BCUT2D eigenvalue weighted by molar-refractivity contribution is 0.102. The molecule has 152 valence electrons. The summed E-state index contributed by atoms with van der Waals surface area (Å²) in [5.41, 5.74) is 3.28. The number of hydrogen-bond donors (Lipinski definition) is 1. The SMILES string of the molecule is COc1cccc(C(=O)Nc2ccc3oc(-c4cccc5c(Cl)cccc45)nc3c2)c1. The maximum absolute atomic E-state index is 12.6. The van der Waals surface area contributed by atoms with Crippen molar-refractivity contribution in [2.45, 2.75) is 0 Å². The summed E-state index contributed by atoms with van der Waals surface area (Å²) in [4.78, 5) is 17.3. The topological polar surface area (TPSA) is 64.4 Å². The first-order chi connectivity index (χ1) is 15.1. The van der Waals surface area contributed by atoms with Gasteiger partial charge in [-0.25, -0.2) is 4.98 Å². The number of benzene rings is 4. The van der Waals surface area contributed by atoms with Gasteiger partial charge in [0, 0.05) is 27.2 Å². The first kappa shape index (κ1) is 19.2. The molecule has 0 fully saturated rings. The molecule has 31 heavy (non-hydrogen) atoms. The third kappa shape index (κ3) is 3.60. The van der Waals surface area contributed by atoms with Crippen LogP contribution in [0.4, 0.5) is 5.69 Å². The molecule has 0 unspecified atom stereocenters. The molecule has 0 aliphatic carbocycles. The number of amides is 1. The van der Waals surface area contributed by atoms with E-state index in [2.05, 4.69) is 10.3 Å². The zero-order valence-electron chi connectivity index (χ0n) is 16.6. The minimum atomic E-state index is -0.231. The van der Waals surface area contributed by atoms with E-state index in [1.54, 1.807) is 49.6 Å². The van der Waals surface area contributed by atoms with Gasteiger partial charge in [0.05, 0.1) is 7.11 Å². The zero-order chi connectivity index (χ0) is 21.4. The Morgan fingerprint density at radius 3 is 2.65 bits per heavy atom. The normalized spacial score (nSPS) is 11.0. The number of anilines is 1. The average molecular weight is 429 g/mol. The third-order valence-electron chi connectivity index (χ3n) is 5.08. The summed E-state index contributed by atoms with van der Waals surface area (Å²) in [5, 5.41) is 5.48. The molecule has 0 saturated carbocycles. The van der Waals surface area contributed by atoms with Crippen molar-refractivity contribution in [2.24, 2.45) is 0 Å². The molecule has 5 aromatic rings. The zero-order valence-corrected chi connectivity index (χ0v) is 17.3. The summed E-state index contributed by atoms with van der Waals surface area (Å²) >= 11 is 6.33. The number of hydrogen-bond acceptors (Lipinski definition) is 4. The van der Waals surface area contributed by atoms with E-state index in [1.807, 2.05) is 36.4 Å².